The smallest absolute Gasteiger partial charge is 0.141 e. The number of para-hydroxylation sites is 1. The Kier molecular flexibility index (Phi) is 5.31. The minimum absolute atomic E-state index is 0.261. The lowest BCUT2D eigenvalue weighted by Gasteiger charge is -2.11. The Bertz CT molecular complexity index is 1180. The molecule has 0 amide bonds. The SMILES string of the molecule is CCCCc1nc2cccc(O)c2n1Cc1ccc(-c2ccccc2C#N)cc1. The number of hydrogen-bond donors (Lipinski definition) is 1. The number of nitriles is 1. The number of rotatable bonds is 6. The van der Waals surface area contributed by atoms with Crippen molar-refractivity contribution in [2.45, 2.75) is 32.7 Å². The molecule has 4 rings (SSSR count). The average Bonchev–Trinajstić information content (AvgIpc) is 3.11. The van der Waals surface area contributed by atoms with Crippen LogP contribution in [-0.4, -0.2) is 14.7 Å². The van der Waals surface area contributed by atoms with Crippen LogP contribution in [0.3, 0.4) is 0 Å². The van der Waals surface area contributed by atoms with E-state index in [9.17, 15) is 10.4 Å². The minimum atomic E-state index is 0.261. The molecule has 0 bridgehead atoms. The van der Waals surface area contributed by atoms with Crippen LogP contribution < -0.4 is 0 Å². The molecule has 0 aliphatic carbocycles. The van der Waals surface area contributed by atoms with E-state index >= 15 is 0 Å². The van der Waals surface area contributed by atoms with E-state index in [1.54, 1.807) is 6.07 Å². The summed E-state index contributed by atoms with van der Waals surface area (Å²) in [6.45, 7) is 2.82. The van der Waals surface area contributed by atoms with Crippen molar-refractivity contribution < 1.29 is 5.11 Å². The van der Waals surface area contributed by atoms with E-state index in [-0.39, 0.29) is 5.75 Å². The number of aryl methyl sites for hydroxylation is 1. The zero-order valence-corrected chi connectivity index (χ0v) is 16.5. The van der Waals surface area contributed by atoms with E-state index < -0.39 is 0 Å². The first kappa shape index (κ1) is 18.8. The van der Waals surface area contributed by atoms with E-state index in [1.807, 2.05) is 36.4 Å². The van der Waals surface area contributed by atoms with Gasteiger partial charge in [-0.3, -0.25) is 0 Å². The highest BCUT2D eigenvalue weighted by Gasteiger charge is 2.14. The number of aromatic hydroxyl groups is 1. The quantitative estimate of drug-likeness (QED) is 0.468. The van der Waals surface area contributed by atoms with Crippen molar-refractivity contribution in [1.29, 1.82) is 5.26 Å². The predicted molar refractivity (Wildman–Crippen MR) is 116 cm³/mol. The Hall–Kier alpha value is -3.58. The second-order valence-electron chi connectivity index (χ2n) is 7.22. The molecule has 4 nitrogen and oxygen atoms in total. The highest BCUT2D eigenvalue weighted by atomic mass is 16.3. The third-order valence-corrected chi connectivity index (χ3v) is 5.23. The first-order valence-electron chi connectivity index (χ1n) is 9.96. The number of phenolic OH excluding ortho intramolecular Hbond substituents is 1. The molecule has 0 spiro atoms. The van der Waals surface area contributed by atoms with E-state index in [4.69, 9.17) is 4.98 Å². The number of aromatic nitrogens is 2. The summed E-state index contributed by atoms with van der Waals surface area (Å²) in [6, 6.07) is 23.7. The van der Waals surface area contributed by atoms with Crippen LogP contribution in [0.1, 0.15) is 36.7 Å². The molecule has 4 heteroatoms. The van der Waals surface area contributed by atoms with Crippen LogP contribution in [0.5, 0.6) is 5.75 Å². The van der Waals surface area contributed by atoms with Gasteiger partial charge in [0, 0.05) is 13.0 Å². The van der Waals surface area contributed by atoms with Crippen molar-refractivity contribution in [2.75, 3.05) is 0 Å². The van der Waals surface area contributed by atoms with Crippen molar-refractivity contribution in [3.8, 4) is 22.9 Å². The van der Waals surface area contributed by atoms with Gasteiger partial charge in [0.2, 0.25) is 0 Å². The number of imidazole rings is 1. The molecule has 0 radical (unpaired) electrons. The standard InChI is InChI=1S/C25H23N3O/c1-2-3-11-24-27-22-9-6-10-23(29)25(22)28(24)17-18-12-14-19(15-13-18)21-8-5-4-7-20(21)16-26/h4-10,12-15,29H,2-3,11,17H2,1H3. The van der Waals surface area contributed by atoms with Gasteiger partial charge >= 0.3 is 0 Å². The second-order valence-corrected chi connectivity index (χ2v) is 7.22. The highest BCUT2D eigenvalue weighted by molar-refractivity contribution is 5.82. The molecule has 3 aromatic carbocycles. The van der Waals surface area contributed by atoms with Crippen molar-refractivity contribution in [3.63, 3.8) is 0 Å². The van der Waals surface area contributed by atoms with Crippen LogP contribution in [0.15, 0.2) is 66.7 Å². The molecular formula is C25H23N3O. The van der Waals surface area contributed by atoms with Gasteiger partial charge < -0.3 is 9.67 Å². The van der Waals surface area contributed by atoms with E-state index in [2.05, 4.69) is 41.8 Å². The Morgan fingerprint density at radius 3 is 2.55 bits per heavy atom. The van der Waals surface area contributed by atoms with Gasteiger partial charge in [-0.1, -0.05) is 61.9 Å². The van der Waals surface area contributed by atoms with Crippen LogP contribution >= 0.6 is 0 Å². The van der Waals surface area contributed by atoms with Gasteiger partial charge in [0.05, 0.1) is 17.1 Å². The number of fused-ring (bicyclic) bond motifs is 1. The maximum Gasteiger partial charge on any atom is 0.141 e. The second kappa shape index (κ2) is 8.20. The summed E-state index contributed by atoms with van der Waals surface area (Å²) >= 11 is 0. The third kappa shape index (κ3) is 3.72. The average molecular weight is 381 g/mol. The Morgan fingerprint density at radius 1 is 1.00 bits per heavy atom. The summed E-state index contributed by atoms with van der Waals surface area (Å²) in [5, 5.41) is 19.8. The predicted octanol–water partition coefficient (Wildman–Crippen LogP) is 5.67. The zero-order valence-electron chi connectivity index (χ0n) is 16.5. The van der Waals surface area contributed by atoms with Crippen LogP contribution in [-0.2, 0) is 13.0 Å². The van der Waals surface area contributed by atoms with Crippen LogP contribution in [0.25, 0.3) is 22.2 Å². The number of phenols is 1. The van der Waals surface area contributed by atoms with Crippen molar-refractivity contribution in [2.24, 2.45) is 0 Å². The van der Waals surface area contributed by atoms with Gasteiger partial charge in [0.1, 0.15) is 17.1 Å². The fourth-order valence-corrected chi connectivity index (χ4v) is 3.72. The van der Waals surface area contributed by atoms with E-state index in [0.29, 0.717) is 12.1 Å². The topological polar surface area (TPSA) is 61.8 Å². The van der Waals surface area contributed by atoms with Gasteiger partial charge in [0.25, 0.3) is 0 Å². The van der Waals surface area contributed by atoms with Gasteiger partial charge in [-0.25, -0.2) is 4.98 Å². The molecule has 0 aliphatic heterocycles. The fourth-order valence-electron chi connectivity index (χ4n) is 3.72. The molecule has 1 aromatic heterocycles. The maximum absolute atomic E-state index is 10.4. The van der Waals surface area contributed by atoms with Crippen LogP contribution in [0, 0.1) is 11.3 Å². The molecule has 1 N–H and O–H groups in total. The first-order valence-corrected chi connectivity index (χ1v) is 9.96. The van der Waals surface area contributed by atoms with Crippen molar-refractivity contribution >= 4 is 11.0 Å². The van der Waals surface area contributed by atoms with Gasteiger partial charge in [-0.2, -0.15) is 5.26 Å². The molecule has 4 aromatic rings. The summed E-state index contributed by atoms with van der Waals surface area (Å²) in [7, 11) is 0. The van der Waals surface area contributed by atoms with Crippen LogP contribution in [0.4, 0.5) is 0 Å². The summed E-state index contributed by atoms with van der Waals surface area (Å²) in [5.41, 5.74) is 5.38. The van der Waals surface area contributed by atoms with Gasteiger partial charge in [0.15, 0.2) is 0 Å². The summed E-state index contributed by atoms with van der Waals surface area (Å²) in [4.78, 5) is 4.76. The number of nitrogens with zero attached hydrogens (tertiary/aromatic N) is 3. The van der Waals surface area contributed by atoms with Crippen molar-refractivity contribution in [1.82, 2.24) is 9.55 Å². The molecule has 144 valence electrons. The molecule has 0 atom stereocenters. The summed E-state index contributed by atoms with van der Waals surface area (Å²) in [5.74, 6) is 1.26. The maximum atomic E-state index is 10.4. The lowest BCUT2D eigenvalue weighted by Crippen LogP contribution is -2.05. The fraction of sp³-hybridized carbons (Fsp3) is 0.200. The Balaban J connectivity index is 1.69. The third-order valence-electron chi connectivity index (χ3n) is 5.23. The lowest BCUT2D eigenvalue weighted by molar-refractivity contribution is 0.477. The zero-order chi connectivity index (χ0) is 20.2. The first-order chi connectivity index (χ1) is 14.2. The van der Waals surface area contributed by atoms with E-state index in [0.717, 1.165) is 52.8 Å². The minimum Gasteiger partial charge on any atom is -0.506 e. The molecule has 0 aliphatic rings. The highest BCUT2D eigenvalue weighted by Crippen LogP contribution is 2.28. The Labute approximate surface area is 170 Å². The number of hydrogen-bond acceptors (Lipinski definition) is 3. The molecule has 0 fully saturated rings. The normalized spacial score (nSPS) is 10.9. The summed E-state index contributed by atoms with van der Waals surface area (Å²) in [6.07, 6.45) is 3.05. The van der Waals surface area contributed by atoms with E-state index in [1.165, 1.54) is 0 Å². The largest absolute Gasteiger partial charge is 0.506 e. The molecule has 0 unspecified atom stereocenters. The number of unbranched alkanes of at least 4 members (excludes halogenated alkanes) is 1. The summed E-state index contributed by atoms with van der Waals surface area (Å²) < 4.78 is 2.12. The Morgan fingerprint density at radius 2 is 1.79 bits per heavy atom. The monoisotopic (exact) mass is 381 g/mol. The van der Waals surface area contributed by atoms with Crippen molar-refractivity contribution in [3.05, 3.63) is 83.7 Å². The molecule has 29 heavy (non-hydrogen) atoms. The molecule has 0 saturated heterocycles. The van der Waals surface area contributed by atoms with Gasteiger partial charge in [-0.15, -0.1) is 0 Å². The van der Waals surface area contributed by atoms with Crippen LogP contribution in [0.2, 0.25) is 0 Å². The van der Waals surface area contributed by atoms with Gasteiger partial charge in [-0.05, 0) is 41.3 Å². The molecular weight excluding hydrogens is 358 g/mol. The molecule has 1 heterocycles. The molecule has 0 saturated carbocycles. The lowest BCUT2D eigenvalue weighted by atomic mass is 9.99. The number of benzene rings is 3.